The molecule has 0 aliphatic heterocycles. The molecule has 0 radical (unpaired) electrons. The quantitative estimate of drug-likeness (QED) is 0.374. The van der Waals surface area contributed by atoms with Crippen LogP contribution in [0.3, 0.4) is 0 Å². The number of para-hydroxylation sites is 1. The van der Waals surface area contributed by atoms with Gasteiger partial charge in [0, 0.05) is 26.7 Å². The maximum atomic E-state index is 11.6. The number of benzene rings is 2. The molecule has 2 aromatic rings. The van der Waals surface area contributed by atoms with E-state index in [-0.39, 0.29) is 19.1 Å². The van der Waals surface area contributed by atoms with Crippen LogP contribution in [0.5, 0.6) is 17.2 Å². The number of methoxy groups -OCH3 is 1. The smallest absolute Gasteiger partial charge is 0.258 e. The summed E-state index contributed by atoms with van der Waals surface area (Å²) in [6.07, 6.45) is -0.603. The summed E-state index contributed by atoms with van der Waals surface area (Å²) in [5, 5.41) is 15.7. The van der Waals surface area contributed by atoms with Crippen molar-refractivity contribution in [3.05, 3.63) is 54.6 Å². The van der Waals surface area contributed by atoms with Crippen LogP contribution in [-0.4, -0.2) is 70.3 Å². The minimum atomic E-state index is -0.603. The predicted molar refractivity (Wildman–Crippen MR) is 113 cm³/mol. The lowest BCUT2D eigenvalue weighted by Crippen LogP contribution is -2.33. The van der Waals surface area contributed by atoms with Crippen LogP contribution in [0.25, 0.3) is 0 Å². The Morgan fingerprint density at radius 3 is 2.27 bits per heavy atom. The molecule has 0 bridgehead atoms. The molecule has 164 valence electrons. The molecule has 0 saturated heterocycles. The van der Waals surface area contributed by atoms with E-state index in [1.54, 1.807) is 31.4 Å². The summed E-state index contributed by atoms with van der Waals surface area (Å²) in [4.78, 5) is 11.6. The second kappa shape index (κ2) is 14.2. The van der Waals surface area contributed by atoms with Crippen LogP contribution < -0.4 is 24.8 Å². The van der Waals surface area contributed by atoms with E-state index >= 15 is 0 Å². The maximum Gasteiger partial charge on any atom is 0.258 e. The average molecular weight is 418 g/mol. The highest BCUT2D eigenvalue weighted by Crippen LogP contribution is 2.17. The van der Waals surface area contributed by atoms with Gasteiger partial charge in [0.1, 0.15) is 36.6 Å². The topological polar surface area (TPSA) is 98.3 Å². The Bertz CT molecular complexity index is 711. The number of hydrogen-bond acceptors (Lipinski definition) is 7. The second-order valence-electron chi connectivity index (χ2n) is 6.43. The van der Waals surface area contributed by atoms with Crippen LogP contribution in [0.15, 0.2) is 54.6 Å². The highest BCUT2D eigenvalue weighted by Gasteiger charge is 2.05. The molecule has 0 heterocycles. The zero-order valence-electron chi connectivity index (χ0n) is 17.2. The number of nitrogens with one attached hydrogen (secondary N) is 2. The van der Waals surface area contributed by atoms with Gasteiger partial charge in [-0.2, -0.15) is 0 Å². The number of carbonyl (C=O) groups excluding carboxylic acids is 1. The molecular formula is C22H30N2O6. The number of aliphatic hydroxyl groups excluding tert-OH is 1. The van der Waals surface area contributed by atoms with Crippen molar-refractivity contribution in [3.63, 3.8) is 0 Å². The van der Waals surface area contributed by atoms with Gasteiger partial charge in [0.15, 0.2) is 6.61 Å². The molecule has 0 fully saturated rings. The lowest BCUT2D eigenvalue weighted by atomic mass is 10.3. The number of carbonyl (C=O) groups is 1. The van der Waals surface area contributed by atoms with Crippen molar-refractivity contribution < 1.29 is 28.8 Å². The SMILES string of the molecule is COCCNC(=O)COc1ccc(OCCNC[C@H](O)COc2ccccc2)cc1. The highest BCUT2D eigenvalue weighted by atomic mass is 16.5. The number of aliphatic hydroxyl groups is 1. The molecule has 3 N–H and O–H groups in total. The molecule has 2 rings (SSSR count). The molecule has 1 amide bonds. The Balaban J connectivity index is 1.53. The molecule has 0 saturated carbocycles. The van der Waals surface area contributed by atoms with Crippen molar-refractivity contribution >= 4 is 5.91 Å². The fourth-order valence-corrected chi connectivity index (χ4v) is 2.40. The van der Waals surface area contributed by atoms with E-state index in [0.29, 0.717) is 44.3 Å². The van der Waals surface area contributed by atoms with Crippen molar-refractivity contribution in [2.75, 3.05) is 53.2 Å². The van der Waals surface area contributed by atoms with E-state index in [2.05, 4.69) is 10.6 Å². The number of amides is 1. The van der Waals surface area contributed by atoms with E-state index in [9.17, 15) is 9.90 Å². The van der Waals surface area contributed by atoms with Crippen LogP contribution in [0.2, 0.25) is 0 Å². The van der Waals surface area contributed by atoms with Crippen molar-refractivity contribution in [1.29, 1.82) is 0 Å². The van der Waals surface area contributed by atoms with Crippen LogP contribution in [0.1, 0.15) is 0 Å². The molecule has 0 spiro atoms. The summed E-state index contributed by atoms with van der Waals surface area (Å²) in [7, 11) is 1.58. The molecule has 0 aliphatic carbocycles. The van der Waals surface area contributed by atoms with E-state index in [1.165, 1.54) is 0 Å². The summed E-state index contributed by atoms with van der Waals surface area (Å²) in [6.45, 7) is 2.55. The van der Waals surface area contributed by atoms with Crippen LogP contribution in [0, 0.1) is 0 Å². The molecule has 8 heteroatoms. The fourth-order valence-electron chi connectivity index (χ4n) is 2.40. The lowest BCUT2D eigenvalue weighted by Gasteiger charge is -2.13. The largest absolute Gasteiger partial charge is 0.492 e. The Morgan fingerprint density at radius 2 is 1.57 bits per heavy atom. The first-order valence-corrected chi connectivity index (χ1v) is 9.85. The first-order chi connectivity index (χ1) is 14.7. The molecule has 0 aromatic heterocycles. The van der Waals surface area contributed by atoms with Crippen molar-refractivity contribution in [3.8, 4) is 17.2 Å². The van der Waals surface area contributed by atoms with Gasteiger partial charge in [0.05, 0.1) is 6.61 Å². The normalized spacial score (nSPS) is 11.5. The first kappa shape index (κ1) is 23.5. The van der Waals surface area contributed by atoms with Crippen molar-refractivity contribution in [2.45, 2.75) is 6.10 Å². The number of ether oxygens (including phenoxy) is 4. The summed E-state index contributed by atoms with van der Waals surface area (Å²) in [6, 6.07) is 16.4. The van der Waals surface area contributed by atoms with Crippen LogP contribution in [-0.2, 0) is 9.53 Å². The third kappa shape index (κ3) is 10.1. The monoisotopic (exact) mass is 418 g/mol. The van der Waals surface area contributed by atoms with Gasteiger partial charge >= 0.3 is 0 Å². The summed E-state index contributed by atoms with van der Waals surface area (Å²) in [5.74, 6) is 1.82. The third-order valence-corrected chi connectivity index (χ3v) is 3.94. The van der Waals surface area contributed by atoms with Gasteiger partial charge in [-0.05, 0) is 36.4 Å². The molecule has 0 aliphatic rings. The summed E-state index contributed by atoms with van der Waals surface area (Å²) < 4.78 is 21.4. The minimum Gasteiger partial charge on any atom is -0.492 e. The maximum absolute atomic E-state index is 11.6. The molecule has 30 heavy (non-hydrogen) atoms. The number of hydrogen-bond donors (Lipinski definition) is 3. The molecule has 1 atom stereocenters. The standard InChI is InChI=1S/C22H30N2O6/c1-27-13-12-24-22(26)17-30-21-9-7-20(8-10-21)28-14-11-23-15-18(25)16-29-19-5-3-2-4-6-19/h2-10,18,23,25H,11-17H2,1H3,(H,24,26)/t18-/m0/s1. The summed E-state index contributed by atoms with van der Waals surface area (Å²) in [5.41, 5.74) is 0. The Morgan fingerprint density at radius 1 is 0.900 bits per heavy atom. The van der Waals surface area contributed by atoms with Gasteiger partial charge in [0.25, 0.3) is 5.91 Å². The van der Waals surface area contributed by atoms with E-state index in [0.717, 1.165) is 5.75 Å². The van der Waals surface area contributed by atoms with Gasteiger partial charge in [-0.15, -0.1) is 0 Å². The average Bonchev–Trinajstić information content (AvgIpc) is 2.78. The number of rotatable bonds is 15. The summed E-state index contributed by atoms with van der Waals surface area (Å²) >= 11 is 0. The van der Waals surface area contributed by atoms with Gasteiger partial charge in [-0.3, -0.25) is 4.79 Å². The lowest BCUT2D eigenvalue weighted by molar-refractivity contribution is -0.123. The van der Waals surface area contributed by atoms with Gasteiger partial charge in [-0.1, -0.05) is 18.2 Å². The van der Waals surface area contributed by atoms with E-state index in [4.69, 9.17) is 18.9 Å². The predicted octanol–water partition coefficient (Wildman–Crippen LogP) is 1.24. The fraction of sp³-hybridized carbons (Fsp3) is 0.409. The van der Waals surface area contributed by atoms with Gasteiger partial charge < -0.3 is 34.7 Å². The Kier molecular flexibility index (Phi) is 11.1. The second-order valence-corrected chi connectivity index (χ2v) is 6.43. The Labute approximate surface area is 177 Å². The van der Waals surface area contributed by atoms with Crippen molar-refractivity contribution in [2.24, 2.45) is 0 Å². The van der Waals surface area contributed by atoms with Crippen LogP contribution >= 0.6 is 0 Å². The van der Waals surface area contributed by atoms with Gasteiger partial charge in [0.2, 0.25) is 0 Å². The molecular weight excluding hydrogens is 388 g/mol. The zero-order chi connectivity index (χ0) is 21.4. The minimum absolute atomic E-state index is 0.0514. The van der Waals surface area contributed by atoms with E-state index < -0.39 is 6.10 Å². The zero-order valence-corrected chi connectivity index (χ0v) is 17.2. The van der Waals surface area contributed by atoms with E-state index in [1.807, 2.05) is 30.3 Å². The third-order valence-electron chi connectivity index (χ3n) is 3.94. The van der Waals surface area contributed by atoms with Crippen LogP contribution in [0.4, 0.5) is 0 Å². The van der Waals surface area contributed by atoms with Crippen molar-refractivity contribution in [1.82, 2.24) is 10.6 Å². The molecule has 2 aromatic carbocycles. The molecule has 0 unspecified atom stereocenters. The van der Waals surface area contributed by atoms with Gasteiger partial charge in [-0.25, -0.2) is 0 Å². The molecule has 8 nitrogen and oxygen atoms in total. The first-order valence-electron chi connectivity index (χ1n) is 9.85. The highest BCUT2D eigenvalue weighted by molar-refractivity contribution is 5.77. The Hall–Kier alpha value is -2.81.